The first-order chi connectivity index (χ1) is 14.2. The average molecular weight is 450 g/mol. The van der Waals surface area contributed by atoms with Crippen LogP contribution in [0.3, 0.4) is 0 Å². The minimum atomic E-state index is -3.96. The highest BCUT2D eigenvalue weighted by Crippen LogP contribution is 2.42. The van der Waals surface area contributed by atoms with Crippen molar-refractivity contribution < 1.29 is 22.7 Å². The first kappa shape index (κ1) is 22.5. The molecule has 162 valence electrons. The van der Waals surface area contributed by atoms with Crippen LogP contribution in [0.15, 0.2) is 40.6 Å². The lowest BCUT2D eigenvalue weighted by Gasteiger charge is -2.28. The topological polar surface area (TPSA) is 80.7 Å². The molecule has 1 aliphatic carbocycles. The molecule has 1 aliphatic rings. The van der Waals surface area contributed by atoms with E-state index >= 15 is 0 Å². The summed E-state index contributed by atoms with van der Waals surface area (Å²) < 4.78 is 30.8. The fourth-order valence-corrected chi connectivity index (χ4v) is 6.95. The number of benzene rings is 1. The number of esters is 1. The van der Waals surface area contributed by atoms with E-state index in [9.17, 15) is 18.0 Å². The lowest BCUT2D eigenvalue weighted by Crippen LogP contribution is -2.46. The maximum atomic E-state index is 13.6. The molecule has 1 amide bonds. The fourth-order valence-electron chi connectivity index (χ4n) is 3.83. The van der Waals surface area contributed by atoms with Crippen molar-refractivity contribution in [2.45, 2.75) is 55.7 Å². The number of likely N-dealkylation sites (N-methyl/N-ethyl adjacent to an activating group) is 1. The van der Waals surface area contributed by atoms with E-state index in [2.05, 4.69) is 0 Å². The summed E-state index contributed by atoms with van der Waals surface area (Å²) in [6, 6.07) is 9.03. The van der Waals surface area contributed by atoms with E-state index < -0.39 is 27.2 Å². The van der Waals surface area contributed by atoms with Crippen LogP contribution in [0.2, 0.25) is 0 Å². The molecule has 0 atom stereocenters. The molecular formula is C22H27NO5S2. The quantitative estimate of drug-likeness (QED) is 0.603. The van der Waals surface area contributed by atoms with Gasteiger partial charge in [0.2, 0.25) is 0 Å². The molecule has 0 aliphatic heterocycles. The number of thiophene rings is 1. The van der Waals surface area contributed by atoms with Gasteiger partial charge in [-0.2, -0.15) is 0 Å². The van der Waals surface area contributed by atoms with Gasteiger partial charge in [0, 0.05) is 11.9 Å². The fraction of sp³-hybridized carbons (Fsp3) is 0.455. The number of hydrogen-bond acceptors (Lipinski definition) is 6. The maximum Gasteiger partial charge on any atom is 0.328 e. The Hall–Kier alpha value is -2.19. The van der Waals surface area contributed by atoms with Gasteiger partial charge in [0.15, 0.2) is 21.2 Å². The van der Waals surface area contributed by atoms with Crippen molar-refractivity contribution in [2.75, 3.05) is 13.7 Å². The molecular weight excluding hydrogens is 422 g/mol. The molecule has 2 aromatic rings. The number of aryl methyl sites for hydroxylation is 2. The Balaban J connectivity index is 1.77. The van der Waals surface area contributed by atoms with E-state index in [1.54, 1.807) is 26.1 Å². The molecule has 0 N–H and O–H groups in total. The van der Waals surface area contributed by atoms with Crippen molar-refractivity contribution in [1.82, 2.24) is 4.90 Å². The van der Waals surface area contributed by atoms with E-state index in [1.807, 2.05) is 30.5 Å². The third-order valence-electron chi connectivity index (χ3n) is 5.66. The van der Waals surface area contributed by atoms with Crippen LogP contribution in [0.5, 0.6) is 0 Å². The largest absolute Gasteiger partial charge is 0.454 e. The summed E-state index contributed by atoms with van der Waals surface area (Å²) in [7, 11) is -2.33. The van der Waals surface area contributed by atoms with E-state index in [-0.39, 0.29) is 23.6 Å². The zero-order valence-corrected chi connectivity index (χ0v) is 19.1. The minimum absolute atomic E-state index is 0.169. The predicted molar refractivity (Wildman–Crippen MR) is 116 cm³/mol. The Morgan fingerprint density at radius 1 is 1.17 bits per heavy atom. The van der Waals surface area contributed by atoms with Crippen LogP contribution in [-0.2, 0) is 30.7 Å². The number of nitrogens with zero attached hydrogens (tertiary/aromatic N) is 1. The van der Waals surface area contributed by atoms with Gasteiger partial charge in [0.1, 0.15) is 0 Å². The standard InChI is InChI=1S/C22H27NO5S2/c1-16-8-9-17(2)19(13-16)30(26,27)22(10-4-5-11-22)21(25)28-15-20(24)23(3)14-18-7-6-12-29-18/h6-9,12-13H,4-5,10-11,14-15H2,1-3H3. The Morgan fingerprint density at radius 3 is 2.50 bits per heavy atom. The predicted octanol–water partition coefficient (Wildman–Crippen LogP) is 3.65. The molecule has 0 spiro atoms. The second kappa shape index (κ2) is 8.89. The molecule has 1 aromatic carbocycles. The van der Waals surface area contributed by atoms with Crippen LogP contribution < -0.4 is 0 Å². The van der Waals surface area contributed by atoms with Gasteiger partial charge in [-0.05, 0) is 55.3 Å². The van der Waals surface area contributed by atoms with Crippen molar-refractivity contribution in [1.29, 1.82) is 0 Å². The van der Waals surface area contributed by atoms with Crippen LogP contribution in [0.1, 0.15) is 41.7 Å². The monoisotopic (exact) mass is 449 g/mol. The lowest BCUT2D eigenvalue weighted by molar-refractivity contribution is -0.153. The molecule has 0 bridgehead atoms. The molecule has 0 saturated heterocycles. The third kappa shape index (κ3) is 4.30. The molecule has 1 heterocycles. The number of hydrogen-bond donors (Lipinski definition) is 0. The van der Waals surface area contributed by atoms with E-state index in [0.29, 0.717) is 24.9 Å². The summed E-state index contributed by atoms with van der Waals surface area (Å²) >= 11 is 1.54. The van der Waals surface area contributed by atoms with Gasteiger partial charge in [-0.1, -0.05) is 31.0 Å². The van der Waals surface area contributed by atoms with Gasteiger partial charge < -0.3 is 9.64 Å². The van der Waals surface area contributed by atoms with Gasteiger partial charge in [0.25, 0.3) is 5.91 Å². The Kier molecular flexibility index (Phi) is 6.67. The van der Waals surface area contributed by atoms with Gasteiger partial charge in [-0.15, -0.1) is 11.3 Å². The van der Waals surface area contributed by atoms with E-state index in [1.165, 1.54) is 16.2 Å². The van der Waals surface area contributed by atoms with Gasteiger partial charge in [0.05, 0.1) is 11.4 Å². The Labute approximate surface area is 181 Å². The first-order valence-electron chi connectivity index (χ1n) is 9.93. The summed E-state index contributed by atoms with van der Waals surface area (Å²) in [6.07, 6.45) is 1.68. The van der Waals surface area contributed by atoms with Crippen LogP contribution in [-0.4, -0.2) is 43.6 Å². The summed E-state index contributed by atoms with van der Waals surface area (Å²) in [5, 5.41) is 1.93. The number of sulfone groups is 1. The van der Waals surface area contributed by atoms with Gasteiger partial charge in [-0.3, -0.25) is 9.59 Å². The number of amides is 1. The van der Waals surface area contributed by atoms with Gasteiger partial charge >= 0.3 is 5.97 Å². The molecule has 0 radical (unpaired) electrons. The van der Waals surface area contributed by atoms with Crippen LogP contribution >= 0.6 is 11.3 Å². The highest BCUT2D eigenvalue weighted by molar-refractivity contribution is 7.93. The number of ether oxygens (including phenoxy) is 1. The number of carbonyl (C=O) groups excluding carboxylic acids is 2. The van der Waals surface area contributed by atoms with Crippen molar-refractivity contribution in [3.05, 3.63) is 51.7 Å². The van der Waals surface area contributed by atoms with Gasteiger partial charge in [-0.25, -0.2) is 8.42 Å². The molecule has 8 heteroatoms. The second-order valence-electron chi connectivity index (χ2n) is 7.88. The zero-order valence-electron chi connectivity index (χ0n) is 17.5. The van der Waals surface area contributed by atoms with Crippen LogP contribution in [0, 0.1) is 13.8 Å². The molecule has 30 heavy (non-hydrogen) atoms. The molecule has 1 saturated carbocycles. The lowest BCUT2D eigenvalue weighted by atomic mass is 10.1. The second-order valence-corrected chi connectivity index (χ2v) is 11.1. The van der Waals surface area contributed by atoms with E-state index in [4.69, 9.17) is 4.74 Å². The maximum absolute atomic E-state index is 13.6. The van der Waals surface area contributed by atoms with Crippen LogP contribution in [0.4, 0.5) is 0 Å². The Morgan fingerprint density at radius 2 is 1.87 bits per heavy atom. The first-order valence-corrected chi connectivity index (χ1v) is 12.3. The summed E-state index contributed by atoms with van der Waals surface area (Å²) in [5.74, 6) is -1.19. The highest BCUT2D eigenvalue weighted by atomic mass is 32.2. The highest BCUT2D eigenvalue weighted by Gasteiger charge is 2.54. The van der Waals surface area contributed by atoms with Crippen LogP contribution in [0.25, 0.3) is 0 Å². The number of rotatable bonds is 7. The Bertz CT molecular complexity index is 1020. The molecule has 3 rings (SSSR count). The molecule has 1 fully saturated rings. The summed E-state index contributed by atoms with van der Waals surface area (Å²) in [4.78, 5) is 28.1. The summed E-state index contributed by atoms with van der Waals surface area (Å²) in [5.41, 5.74) is 1.41. The van der Waals surface area contributed by atoms with Crippen molar-refractivity contribution >= 4 is 33.1 Å². The molecule has 0 unspecified atom stereocenters. The molecule has 6 nitrogen and oxygen atoms in total. The molecule has 1 aromatic heterocycles. The zero-order chi connectivity index (χ0) is 21.9. The summed E-state index contributed by atoms with van der Waals surface area (Å²) in [6.45, 7) is 3.49. The average Bonchev–Trinajstić information content (AvgIpc) is 3.40. The smallest absolute Gasteiger partial charge is 0.328 e. The third-order valence-corrected chi connectivity index (χ3v) is 9.14. The van der Waals surface area contributed by atoms with Crippen molar-refractivity contribution in [2.24, 2.45) is 0 Å². The van der Waals surface area contributed by atoms with Crippen molar-refractivity contribution in [3.63, 3.8) is 0 Å². The normalized spacial score (nSPS) is 15.7. The minimum Gasteiger partial charge on any atom is -0.454 e. The van der Waals surface area contributed by atoms with Crippen molar-refractivity contribution in [3.8, 4) is 0 Å². The van der Waals surface area contributed by atoms with E-state index in [0.717, 1.165) is 10.4 Å². The SMILES string of the molecule is Cc1ccc(C)c(S(=O)(=O)C2(C(=O)OCC(=O)N(C)Cc3cccs3)CCCC2)c1. The number of carbonyl (C=O) groups is 2.